The quantitative estimate of drug-likeness (QED) is 0.339. The Balaban J connectivity index is 2.47. The van der Waals surface area contributed by atoms with Crippen LogP contribution in [0.4, 0.5) is 5.95 Å². The van der Waals surface area contributed by atoms with Crippen LogP contribution in [0.25, 0.3) is 6.08 Å². The number of benzene rings is 1. The Labute approximate surface area is 167 Å². The average Bonchev–Trinajstić information content (AvgIpc) is 2.63. The first-order valence-corrected chi connectivity index (χ1v) is 8.72. The first-order valence-electron chi connectivity index (χ1n) is 7.96. The fourth-order valence-corrected chi connectivity index (χ4v) is 2.59. The molecule has 1 aromatic heterocycles. The number of hydrogen-bond donors (Lipinski definition) is 3. The number of allylic oxidation sites excluding steroid dienone is 1. The minimum atomic E-state index is -0.508. The number of halogens is 2. The van der Waals surface area contributed by atoms with E-state index in [0.29, 0.717) is 39.4 Å². The van der Waals surface area contributed by atoms with Crippen LogP contribution in [-0.2, 0) is 4.79 Å². The van der Waals surface area contributed by atoms with Crippen LogP contribution in [0, 0.1) is 12.5 Å². The summed E-state index contributed by atoms with van der Waals surface area (Å²) < 4.78 is 0. The molecule has 140 valence electrons. The summed E-state index contributed by atoms with van der Waals surface area (Å²) in [5.74, 6) is 0.339. The molecule has 0 aliphatic heterocycles. The predicted octanol–water partition coefficient (Wildman–Crippen LogP) is 4.59. The zero-order valence-corrected chi connectivity index (χ0v) is 16.2. The number of rotatable bonds is 8. The third-order valence-corrected chi connectivity index (χ3v) is 4.41. The van der Waals surface area contributed by atoms with Gasteiger partial charge in [0.15, 0.2) is 0 Å². The highest BCUT2D eigenvalue weighted by Gasteiger charge is 2.14. The predicted molar refractivity (Wildman–Crippen MR) is 107 cm³/mol. The van der Waals surface area contributed by atoms with Crippen LogP contribution < -0.4 is 10.6 Å². The standard InChI is InChI=1S/C18H18Cl2N6O/c1-11-8-9-22-18(24-11)25-15(17(26-21)12(2)23-10-27)7-6-13-4-3-5-14(19)16(13)20/h3-10,12,21H,1-2H3,(H,23,27)(H,22,24,25)/b7-6-,17-15-,26-21?. The Bertz CT molecular complexity index is 897. The van der Waals surface area contributed by atoms with Gasteiger partial charge in [0.2, 0.25) is 12.4 Å². The monoisotopic (exact) mass is 404 g/mol. The van der Waals surface area contributed by atoms with E-state index >= 15 is 0 Å². The maximum atomic E-state index is 10.8. The molecule has 3 N–H and O–H groups in total. The summed E-state index contributed by atoms with van der Waals surface area (Å²) in [5.41, 5.74) is 9.71. The van der Waals surface area contributed by atoms with Crippen molar-refractivity contribution in [3.05, 3.63) is 69.2 Å². The van der Waals surface area contributed by atoms with Crippen molar-refractivity contribution in [1.29, 1.82) is 5.53 Å². The minimum absolute atomic E-state index is 0.293. The van der Waals surface area contributed by atoms with Gasteiger partial charge in [0, 0.05) is 11.9 Å². The van der Waals surface area contributed by atoms with E-state index in [0.717, 1.165) is 5.69 Å². The highest BCUT2D eigenvalue weighted by atomic mass is 35.5. The van der Waals surface area contributed by atoms with E-state index in [2.05, 4.69) is 25.7 Å². The smallest absolute Gasteiger partial charge is 0.227 e. The van der Waals surface area contributed by atoms with Gasteiger partial charge in [-0.05, 0) is 37.6 Å². The molecule has 0 fully saturated rings. The van der Waals surface area contributed by atoms with Gasteiger partial charge < -0.3 is 10.6 Å². The van der Waals surface area contributed by atoms with Crippen LogP contribution >= 0.6 is 23.2 Å². The maximum absolute atomic E-state index is 10.8. The van der Waals surface area contributed by atoms with Gasteiger partial charge in [-0.2, -0.15) is 5.11 Å². The number of carbonyl (C=O) groups excluding carboxylic acids is 1. The number of amides is 1. The third-order valence-electron chi connectivity index (χ3n) is 3.58. The minimum Gasteiger partial charge on any atom is -0.350 e. The SMILES string of the molecule is Cc1ccnc(NC(/C=C\c2cccc(Cl)c2Cl)=C(\N=N)C(C)NC=O)n1. The summed E-state index contributed by atoms with van der Waals surface area (Å²) in [6.07, 6.45) is 5.57. The van der Waals surface area contributed by atoms with E-state index in [1.54, 1.807) is 49.5 Å². The normalized spacial score (nSPS) is 13.0. The van der Waals surface area contributed by atoms with Crippen LogP contribution in [-0.4, -0.2) is 22.4 Å². The second-order valence-electron chi connectivity index (χ2n) is 5.54. The van der Waals surface area contributed by atoms with Gasteiger partial charge in [-0.25, -0.2) is 15.5 Å². The van der Waals surface area contributed by atoms with Crippen molar-refractivity contribution in [2.24, 2.45) is 5.11 Å². The Morgan fingerprint density at radius 3 is 2.78 bits per heavy atom. The molecule has 0 aliphatic rings. The zero-order valence-electron chi connectivity index (χ0n) is 14.7. The Morgan fingerprint density at radius 1 is 1.33 bits per heavy atom. The molecule has 27 heavy (non-hydrogen) atoms. The first-order chi connectivity index (χ1) is 13.0. The summed E-state index contributed by atoms with van der Waals surface area (Å²) >= 11 is 12.3. The second kappa shape index (κ2) is 9.80. The third kappa shape index (κ3) is 5.60. The van der Waals surface area contributed by atoms with E-state index in [4.69, 9.17) is 28.7 Å². The van der Waals surface area contributed by atoms with Crippen molar-refractivity contribution in [2.75, 3.05) is 5.32 Å². The van der Waals surface area contributed by atoms with Gasteiger partial charge in [0.05, 0.1) is 21.8 Å². The number of anilines is 1. The summed E-state index contributed by atoms with van der Waals surface area (Å²) in [4.78, 5) is 19.2. The molecule has 1 heterocycles. The number of carbonyl (C=O) groups is 1. The van der Waals surface area contributed by atoms with Crippen LogP contribution in [0.15, 0.2) is 53.0 Å². The fourth-order valence-electron chi connectivity index (χ4n) is 2.21. The average molecular weight is 405 g/mol. The molecule has 0 radical (unpaired) electrons. The lowest BCUT2D eigenvalue weighted by Gasteiger charge is -2.15. The molecule has 1 unspecified atom stereocenters. The van der Waals surface area contributed by atoms with E-state index < -0.39 is 6.04 Å². The lowest BCUT2D eigenvalue weighted by atomic mass is 10.1. The summed E-state index contributed by atoms with van der Waals surface area (Å²) in [6.45, 7) is 3.55. The van der Waals surface area contributed by atoms with Crippen molar-refractivity contribution in [1.82, 2.24) is 15.3 Å². The Kier molecular flexibility index (Phi) is 7.45. The molecular weight excluding hydrogens is 387 g/mol. The molecule has 0 spiro atoms. The first kappa shape index (κ1) is 20.5. The summed E-state index contributed by atoms with van der Waals surface area (Å²) in [6, 6.07) is 6.53. The fraction of sp³-hybridized carbons (Fsp3) is 0.167. The molecule has 2 rings (SSSR count). The van der Waals surface area contributed by atoms with Crippen molar-refractivity contribution in [2.45, 2.75) is 19.9 Å². The van der Waals surface area contributed by atoms with E-state index in [1.807, 2.05) is 6.92 Å². The Morgan fingerprint density at radius 2 is 2.11 bits per heavy atom. The van der Waals surface area contributed by atoms with Crippen LogP contribution in [0.2, 0.25) is 10.0 Å². The summed E-state index contributed by atoms with van der Waals surface area (Å²) in [5, 5.41) is 10.0. The second-order valence-corrected chi connectivity index (χ2v) is 6.33. The van der Waals surface area contributed by atoms with E-state index in [1.165, 1.54) is 0 Å². The largest absolute Gasteiger partial charge is 0.350 e. The topological polar surface area (TPSA) is 103 Å². The van der Waals surface area contributed by atoms with Gasteiger partial charge in [-0.3, -0.25) is 4.79 Å². The van der Waals surface area contributed by atoms with Crippen molar-refractivity contribution >= 4 is 41.6 Å². The van der Waals surface area contributed by atoms with Crippen molar-refractivity contribution in [3.8, 4) is 0 Å². The van der Waals surface area contributed by atoms with Crippen molar-refractivity contribution < 1.29 is 4.79 Å². The van der Waals surface area contributed by atoms with Gasteiger partial charge in [-0.1, -0.05) is 41.4 Å². The van der Waals surface area contributed by atoms with Crippen LogP contribution in [0.1, 0.15) is 18.2 Å². The number of hydrogen-bond acceptors (Lipinski definition) is 6. The van der Waals surface area contributed by atoms with Gasteiger partial charge in [0.25, 0.3) is 0 Å². The summed E-state index contributed by atoms with van der Waals surface area (Å²) in [7, 11) is 0. The van der Waals surface area contributed by atoms with E-state index in [9.17, 15) is 4.79 Å². The molecule has 0 bridgehead atoms. The number of nitrogens with one attached hydrogen (secondary N) is 3. The van der Waals surface area contributed by atoms with Gasteiger partial charge >= 0.3 is 0 Å². The highest BCUT2D eigenvalue weighted by molar-refractivity contribution is 6.42. The molecule has 0 saturated carbocycles. The van der Waals surface area contributed by atoms with Gasteiger partial charge in [0.1, 0.15) is 5.70 Å². The van der Waals surface area contributed by atoms with Crippen molar-refractivity contribution in [3.63, 3.8) is 0 Å². The Hall–Kier alpha value is -2.77. The zero-order chi connectivity index (χ0) is 19.8. The van der Waals surface area contributed by atoms with Gasteiger partial charge in [-0.15, -0.1) is 0 Å². The maximum Gasteiger partial charge on any atom is 0.227 e. The molecule has 9 heteroatoms. The molecule has 1 atom stereocenters. The number of aryl methyl sites for hydroxylation is 1. The lowest BCUT2D eigenvalue weighted by Crippen LogP contribution is -2.27. The lowest BCUT2D eigenvalue weighted by molar-refractivity contribution is -0.109. The van der Waals surface area contributed by atoms with E-state index in [-0.39, 0.29) is 0 Å². The molecule has 1 aromatic carbocycles. The molecule has 0 aliphatic carbocycles. The van der Waals surface area contributed by atoms with Crippen LogP contribution in [0.5, 0.6) is 0 Å². The van der Waals surface area contributed by atoms with Crippen LogP contribution in [0.3, 0.4) is 0 Å². The molecular formula is C18H18Cl2N6O. The number of nitrogens with zero attached hydrogens (tertiary/aromatic N) is 3. The highest BCUT2D eigenvalue weighted by Crippen LogP contribution is 2.27. The molecule has 7 nitrogen and oxygen atoms in total. The number of aromatic nitrogens is 2. The molecule has 2 aromatic rings. The molecule has 1 amide bonds. The molecule has 0 saturated heterocycles.